The highest BCUT2D eigenvalue weighted by atomic mass is 19.1. The summed E-state index contributed by atoms with van der Waals surface area (Å²) in [5.41, 5.74) is 2.95. The zero-order valence-electron chi connectivity index (χ0n) is 19.0. The molecule has 0 spiro atoms. The number of carbonyl (C=O) groups is 1. The largest absolute Gasteiger partial charge is 0.490 e. The summed E-state index contributed by atoms with van der Waals surface area (Å²) in [6.45, 7) is 2.22. The van der Waals surface area contributed by atoms with Gasteiger partial charge in [0.25, 0.3) is 5.91 Å². The number of fused-ring (bicyclic) bond motifs is 1. The van der Waals surface area contributed by atoms with Gasteiger partial charge in [-0.15, -0.1) is 0 Å². The monoisotopic (exact) mass is 437 g/mol. The van der Waals surface area contributed by atoms with E-state index in [1.807, 2.05) is 30.3 Å². The van der Waals surface area contributed by atoms with Crippen LogP contribution in [0.2, 0.25) is 0 Å². The minimum atomic E-state index is -0.263. The topological polar surface area (TPSA) is 36.0 Å². The third-order valence-corrected chi connectivity index (χ3v) is 7.24. The van der Waals surface area contributed by atoms with E-state index >= 15 is 4.39 Å². The maximum atomic E-state index is 15.0. The molecule has 2 fully saturated rings. The van der Waals surface area contributed by atoms with Crippen LogP contribution in [0.4, 0.5) is 15.8 Å². The van der Waals surface area contributed by atoms with Crippen LogP contribution in [0, 0.1) is 5.82 Å². The number of benzene rings is 2. The number of halogens is 1. The van der Waals surface area contributed by atoms with Crippen LogP contribution in [0.1, 0.15) is 48.0 Å². The van der Waals surface area contributed by atoms with Crippen LogP contribution in [0.3, 0.4) is 0 Å². The van der Waals surface area contributed by atoms with Crippen molar-refractivity contribution in [3.8, 4) is 5.75 Å². The lowest BCUT2D eigenvalue weighted by Gasteiger charge is -2.30. The molecule has 3 aliphatic rings. The number of hydrogen-bond acceptors (Lipinski definition) is 4. The molecule has 1 amide bonds. The van der Waals surface area contributed by atoms with E-state index in [4.69, 9.17) is 4.74 Å². The normalized spacial score (nSPS) is 21.5. The lowest BCUT2D eigenvalue weighted by atomic mass is 9.98. The lowest BCUT2D eigenvalue weighted by Crippen LogP contribution is -2.37. The fourth-order valence-corrected chi connectivity index (χ4v) is 5.29. The van der Waals surface area contributed by atoms with Crippen molar-refractivity contribution in [1.82, 2.24) is 4.90 Å². The van der Waals surface area contributed by atoms with Gasteiger partial charge < -0.3 is 19.4 Å². The zero-order chi connectivity index (χ0) is 22.2. The summed E-state index contributed by atoms with van der Waals surface area (Å²) in [5.74, 6) is 0.523. The number of ether oxygens (including phenoxy) is 1. The molecule has 0 radical (unpaired) electrons. The Hall–Kier alpha value is -2.60. The number of anilines is 2. The van der Waals surface area contributed by atoms with Crippen molar-refractivity contribution in [1.29, 1.82) is 0 Å². The molecule has 2 aromatic rings. The van der Waals surface area contributed by atoms with E-state index in [2.05, 4.69) is 23.9 Å². The molecule has 2 aliphatic heterocycles. The van der Waals surface area contributed by atoms with Gasteiger partial charge in [0, 0.05) is 36.9 Å². The van der Waals surface area contributed by atoms with Crippen LogP contribution in [-0.4, -0.2) is 56.7 Å². The van der Waals surface area contributed by atoms with Gasteiger partial charge in [-0.25, -0.2) is 4.39 Å². The summed E-state index contributed by atoms with van der Waals surface area (Å²) in [6.07, 6.45) is 6.75. The molecular formula is C26H32FN3O2. The van der Waals surface area contributed by atoms with Crippen molar-refractivity contribution in [3.05, 3.63) is 53.3 Å². The third-order valence-electron chi connectivity index (χ3n) is 7.24. The van der Waals surface area contributed by atoms with Crippen molar-refractivity contribution in [2.24, 2.45) is 0 Å². The predicted molar refractivity (Wildman–Crippen MR) is 125 cm³/mol. The van der Waals surface area contributed by atoms with Crippen molar-refractivity contribution >= 4 is 17.3 Å². The second-order valence-corrected chi connectivity index (χ2v) is 9.54. The van der Waals surface area contributed by atoms with Gasteiger partial charge in [0.05, 0.1) is 11.8 Å². The summed E-state index contributed by atoms with van der Waals surface area (Å²) >= 11 is 0. The molecule has 170 valence electrons. The standard InChI is InChI=1S/C26H32FN3O2/c1-28(2)20-12-13-29(17-20)25-10-7-19(16-24(25)27)30-14-11-18-15-22(8-9-23(18)26(30)31)32-21-5-3-4-6-21/h7-10,15-16,20-21H,3-6,11-14,17H2,1-2H3/t20-/m1/s1. The van der Waals surface area contributed by atoms with Gasteiger partial charge in [-0.1, -0.05) is 0 Å². The predicted octanol–water partition coefficient (Wildman–Crippen LogP) is 4.49. The number of likely N-dealkylation sites (N-methyl/N-ethyl adjacent to an activating group) is 1. The van der Waals surface area contributed by atoms with Crippen LogP contribution < -0.4 is 14.5 Å². The molecule has 5 rings (SSSR count). The zero-order valence-corrected chi connectivity index (χ0v) is 19.0. The highest BCUT2D eigenvalue weighted by Gasteiger charge is 2.29. The molecule has 6 heteroatoms. The molecule has 5 nitrogen and oxygen atoms in total. The van der Waals surface area contributed by atoms with Crippen LogP contribution in [-0.2, 0) is 6.42 Å². The molecule has 2 aromatic carbocycles. The Morgan fingerprint density at radius 2 is 1.84 bits per heavy atom. The number of rotatable bonds is 5. The molecule has 0 bridgehead atoms. The Morgan fingerprint density at radius 3 is 2.56 bits per heavy atom. The number of nitrogens with zero attached hydrogens (tertiary/aromatic N) is 3. The highest BCUT2D eigenvalue weighted by molar-refractivity contribution is 6.08. The Bertz CT molecular complexity index is 1000. The minimum Gasteiger partial charge on any atom is -0.490 e. The van der Waals surface area contributed by atoms with Gasteiger partial charge in [-0.3, -0.25) is 4.79 Å². The minimum absolute atomic E-state index is 0.0698. The van der Waals surface area contributed by atoms with E-state index in [1.54, 1.807) is 4.90 Å². The van der Waals surface area contributed by atoms with E-state index in [0.717, 1.165) is 50.1 Å². The third kappa shape index (κ3) is 4.08. The average Bonchev–Trinajstić information content (AvgIpc) is 3.46. The summed E-state index contributed by atoms with van der Waals surface area (Å²) in [4.78, 5) is 19.2. The molecule has 0 N–H and O–H groups in total. The molecule has 1 atom stereocenters. The van der Waals surface area contributed by atoms with E-state index in [0.29, 0.717) is 35.6 Å². The number of hydrogen-bond donors (Lipinski definition) is 0. The summed E-state index contributed by atoms with van der Waals surface area (Å²) in [5, 5.41) is 0. The van der Waals surface area contributed by atoms with Crippen molar-refractivity contribution in [3.63, 3.8) is 0 Å². The van der Waals surface area contributed by atoms with Gasteiger partial charge >= 0.3 is 0 Å². The second-order valence-electron chi connectivity index (χ2n) is 9.54. The van der Waals surface area contributed by atoms with Crippen LogP contribution in [0.5, 0.6) is 5.75 Å². The van der Waals surface area contributed by atoms with E-state index in [1.165, 1.54) is 18.9 Å². The van der Waals surface area contributed by atoms with Gasteiger partial charge in [-0.2, -0.15) is 0 Å². The summed E-state index contributed by atoms with van der Waals surface area (Å²) in [6, 6.07) is 11.4. The highest BCUT2D eigenvalue weighted by Crippen LogP contribution is 2.32. The van der Waals surface area contributed by atoms with Crippen LogP contribution in [0.15, 0.2) is 36.4 Å². The van der Waals surface area contributed by atoms with Gasteiger partial charge in [0.15, 0.2) is 0 Å². The van der Waals surface area contributed by atoms with Crippen LogP contribution in [0.25, 0.3) is 0 Å². The quantitative estimate of drug-likeness (QED) is 0.691. The van der Waals surface area contributed by atoms with Crippen molar-refractivity contribution < 1.29 is 13.9 Å². The Kier molecular flexibility index (Phi) is 5.80. The molecule has 0 unspecified atom stereocenters. The molecule has 1 saturated carbocycles. The molecule has 2 heterocycles. The Balaban J connectivity index is 1.31. The van der Waals surface area contributed by atoms with Crippen LogP contribution >= 0.6 is 0 Å². The van der Waals surface area contributed by atoms with E-state index in [9.17, 15) is 4.79 Å². The summed E-state index contributed by atoms with van der Waals surface area (Å²) < 4.78 is 21.2. The van der Waals surface area contributed by atoms with E-state index < -0.39 is 0 Å². The maximum absolute atomic E-state index is 15.0. The molecule has 0 aromatic heterocycles. The fourth-order valence-electron chi connectivity index (χ4n) is 5.29. The molecule has 1 saturated heterocycles. The van der Waals surface area contributed by atoms with Gasteiger partial charge in [0.2, 0.25) is 0 Å². The smallest absolute Gasteiger partial charge is 0.258 e. The first-order valence-corrected chi connectivity index (χ1v) is 11.8. The van der Waals surface area contributed by atoms with Crippen molar-refractivity contribution in [2.75, 3.05) is 43.5 Å². The average molecular weight is 438 g/mol. The molecule has 32 heavy (non-hydrogen) atoms. The fraction of sp³-hybridized carbons (Fsp3) is 0.500. The van der Waals surface area contributed by atoms with Crippen molar-refractivity contribution in [2.45, 2.75) is 50.7 Å². The first kappa shape index (κ1) is 21.3. The number of amides is 1. The summed E-state index contributed by atoms with van der Waals surface area (Å²) in [7, 11) is 4.13. The Labute approximate surface area is 189 Å². The first-order valence-electron chi connectivity index (χ1n) is 11.8. The van der Waals surface area contributed by atoms with Gasteiger partial charge in [-0.05, 0) is 94.6 Å². The lowest BCUT2D eigenvalue weighted by molar-refractivity contribution is 0.0980. The Morgan fingerprint density at radius 1 is 1.03 bits per heavy atom. The number of carbonyl (C=O) groups excluding carboxylic acids is 1. The molecule has 1 aliphatic carbocycles. The maximum Gasteiger partial charge on any atom is 0.258 e. The SMILES string of the molecule is CN(C)[C@@H]1CCN(c2ccc(N3CCc4cc(OC5CCCC5)ccc4C3=O)cc2F)C1. The molecular weight excluding hydrogens is 405 g/mol. The first-order chi connectivity index (χ1) is 15.5. The van der Waals surface area contributed by atoms with Gasteiger partial charge in [0.1, 0.15) is 11.6 Å². The second kappa shape index (κ2) is 8.74. The van der Waals surface area contributed by atoms with E-state index in [-0.39, 0.29) is 11.7 Å².